The van der Waals surface area contributed by atoms with E-state index in [1.165, 1.54) is 5.56 Å². The fourth-order valence-corrected chi connectivity index (χ4v) is 3.65. The van der Waals surface area contributed by atoms with Crippen molar-refractivity contribution in [1.82, 2.24) is 10.2 Å². The Morgan fingerprint density at radius 1 is 0.966 bits per heavy atom. The number of aryl methyl sites for hydroxylation is 1. The van der Waals surface area contributed by atoms with Crippen LogP contribution in [0.4, 0.5) is 11.5 Å². The van der Waals surface area contributed by atoms with Crippen LogP contribution in [0.5, 0.6) is 0 Å². The molecule has 1 saturated heterocycles. The van der Waals surface area contributed by atoms with Gasteiger partial charge in [0.15, 0.2) is 5.82 Å². The highest BCUT2D eigenvalue weighted by Crippen LogP contribution is 2.25. The van der Waals surface area contributed by atoms with Crippen molar-refractivity contribution in [2.24, 2.45) is 5.92 Å². The van der Waals surface area contributed by atoms with Gasteiger partial charge in [-0.05, 0) is 56.2 Å². The molecule has 0 spiro atoms. The molecule has 5 nitrogen and oxygen atoms in total. The van der Waals surface area contributed by atoms with Gasteiger partial charge in [0.2, 0.25) is 5.91 Å². The van der Waals surface area contributed by atoms with Gasteiger partial charge in [0.05, 0.1) is 5.69 Å². The molecule has 0 unspecified atom stereocenters. The second-order valence-electron chi connectivity index (χ2n) is 7.40. The minimum Gasteiger partial charge on any atom is -0.355 e. The van der Waals surface area contributed by atoms with E-state index in [9.17, 15) is 4.79 Å². The molecule has 0 saturated carbocycles. The van der Waals surface area contributed by atoms with Crippen molar-refractivity contribution < 1.29 is 4.79 Å². The highest BCUT2D eigenvalue weighted by molar-refractivity contribution is 6.30. The van der Waals surface area contributed by atoms with E-state index in [1.807, 2.05) is 67.6 Å². The van der Waals surface area contributed by atoms with Crippen molar-refractivity contribution in [3.05, 3.63) is 71.2 Å². The van der Waals surface area contributed by atoms with Crippen LogP contribution in [-0.2, 0) is 4.79 Å². The van der Waals surface area contributed by atoms with Gasteiger partial charge >= 0.3 is 0 Å². The van der Waals surface area contributed by atoms with Crippen LogP contribution in [0.1, 0.15) is 18.4 Å². The second kappa shape index (κ2) is 8.62. The van der Waals surface area contributed by atoms with E-state index < -0.39 is 0 Å². The van der Waals surface area contributed by atoms with Crippen LogP contribution in [0.3, 0.4) is 0 Å². The molecule has 0 bridgehead atoms. The molecule has 1 amide bonds. The lowest BCUT2D eigenvalue weighted by atomic mass is 9.95. The summed E-state index contributed by atoms with van der Waals surface area (Å²) in [6.07, 6.45) is 1.61. The summed E-state index contributed by atoms with van der Waals surface area (Å²) in [5, 5.41) is 12.5. The molecule has 0 aliphatic carbocycles. The smallest absolute Gasteiger partial charge is 0.227 e. The predicted molar refractivity (Wildman–Crippen MR) is 117 cm³/mol. The Kier molecular flexibility index (Phi) is 5.76. The van der Waals surface area contributed by atoms with Crippen LogP contribution >= 0.6 is 11.6 Å². The number of piperidine rings is 1. The first-order valence-corrected chi connectivity index (χ1v) is 10.2. The van der Waals surface area contributed by atoms with Gasteiger partial charge in [-0.2, -0.15) is 0 Å². The molecule has 1 aliphatic rings. The summed E-state index contributed by atoms with van der Waals surface area (Å²) in [5.74, 6) is 0.964. The number of hydrogen-bond acceptors (Lipinski definition) is 4. The molecule has 148 valence electrons. The van der Waals surface area contributed by atoms with Crippen molar-refractivity contribution in [3.8, 4) is 11.3 Å². The fraction of sp³-hybridized carbons (Fsp3) is 0.261. The largest absolute Gasteiger partial charge is 0.355 e. The standard InChI is InChI=1S/C23H23ClN4O/c1-16-2-8-20(9-3-16)25-23(29)18-12-14-28(15-13-18)22-11-10-21(26-27-22)17-4-6-19(24)7-5-17/h2-11,18H,12-15H2,1H3,(H,25,29). The van der Waals surface area contributed by atoms with Crippen LogP contribution in [0.2, 0.25) is 5.02 Å². The van der Waals surface area contributed by atoms with Crippen molar-refractivity contribution >= 4 is 29.0 Å². The average molecular weight is 407 g/mol. The summed E-state index contributed by atoms with van der Waals surface area (Å²) in [6.45, 7) is 3.62. The Morgan fingerprint density at radius 3 is 2.28 bits per heavy atom. The normalized spacial score (nSPS) is 14.6. The van der Waals surface area contributed by atoms with Gasteiger partial charge in [-0.1, -0.05) is 41.4 Å². The van der Waals surface area contributed by atoms with Crippen molar-refractivity contribution in [3.63, 3.8) is 0 Å². The van der Waals surface area contributed by atoms with Crippen molar-refractivity contribution in [2.75, 3.05) is 23.3 Å². The third kappa shape index (κ3) is 4.74. The number of nitrogens with one attached hydrogen (secondary N) is 1. The van der Waals surface area contributed by atoms with E-state index >= 15 is 0 Å². The topological polar surface area (TPSA) is 58.1 Å². The number of nitrogens with zero attached hydrogens (tertiary/aromatic N) is 3. The maximum Gasteiger partial charge on any atom is 0.227 e. The average Bonchev–Trinajstić information content (AvgIpc) is 2.76. The second-order valence-corrected chi connectivity index (χ2v) is 7.84. The number of carbonyl (C=O) groups excluding carboxylic acids is 1. The first-order chi connectivity index (χ1) is 14.1. The van der Waals surface area contributed by atoms with E-state index in [2.05, 4.69) is 20.4 Å². The lowest BCUT2D eigenvalue weighted by molar-refractivity contribution is -0.120. The molecule has 1 aliphatic heterocycles. The molecule has 3 aromatic rings. The summed E-state index contributed by atoms with van der Waals surface area (Å²) in [4.78, 5) is 14.7. The summed E-state index contributed by atoms with van der Waals surface area (Å²) in [6, 6.07) is 19.4. The van der Waals surface area contributed by atoms with E-state index in [0.29, 0.717) is 5.02 Å². The van der Waals surface area contributed by atoms with Crippen LogP contribution in [-0.4, -0.2) is 29.2 Å². The van der Waals surface area contributed by atoms with Gasteiger partial charge in [0, 0.05) is 35.3 Å². The van der Waals surface area contributed by atoms with E-state index in [4.69, 9.17) is 11.6 Å². The Labute approximate surface area is 175 Å². The minimum absolute atomic E-state index is 0.0221. The molecule has 4 rings (SSSR count). The minimum atomic E-state index is 0.0221. The number of benzene rings is 2. The Balaban J connectivity index is 1.33. The van der Waals surface area contributed by atoms with Gasteiger partial charge in [-0.3, -0.25) is 4.79 Å². The number of halogens is 1. The number of hydrogen-bond donors (Lipinski definition) is 1. The Morgan fingerprint density at radius 2 is 1.66 bits per heavy atom. The maximum absolute atomic E-state index is 12.6. The van der Waals surface area contributed by atoms with E-state index in [-0.39, 0.29) is 11.8 Å². The number of rotatable bonds is 4. The Hall–Kier alpha value is -2.92. The quantitative estimate of drug-likeness (QED) is 0.665. The van der Waals surface area contributed by atoms with Crippen molar-refractivity contribution in [1.29, 1.82) is 0 Å². The lowest BCUT2D eigenvalue weighted by Crippen LogP contribution is -2.38. The van der Waals surface area contributed by atoms with Crippen LogP contribution in [0, 0.1) is 12.8 Å². The van der Waals surface area contributed by atoms with Gasteiger partial charge in [0.1, 0.15) is 0 Å². The number of aromatic nitrogens is 2. The maximum atomic E-state index is 12.6. The van der Waals surface area contributed by atoms with Crippen molar-refractivity contribution in [2.45, 2.75) is 19.8 Å². The SMILES string of the molecule is Cc1ccc(NC(=O)C2CCN(c3ccc(-c4ccc(Cl)cc4)nn3)CC2)cc1. The molecule has 0 atom stereocenters. The van der Waals surface area contributed by atoms with Crippen LogP contribution in [0.25, 0.3) is 11.3 Å². The molecular weight excluding hydrogens is 384 g/mol. The third-order valence-corrected chi connectivity index (χ3v) is 5.55. The molecule has 0 radical (unpaired) electrons. The number of anilines is 2. The number of amides is 1. The molecule has 1 N–H and O–H groups in total. The highest BCUT2D eigenvalue weighted by atomic mass is 35.5. The van der Waals surface area contributed by atoms with E-state index in [1.54, 1.807) is 0 Å². The zero-order chi connectivity index (χ0) is 20.2. The lowest BCUT2D eigenvalue weighted by Gasteiger charge is -2.31. The first kappa shape index (κ1) is 19.4. The molecule has 2 aromatic carbocycles. The molecule has 6 heteroatoms. The summed E-state index contributed by atoms with van der Waals surface area (Å²) in [7, 11) is 0. The summed E-state index contributed by atoms with van der Waals surface area (Å²) >= 11 is 5.94. The first-order valence-electron chi connectivity index (χ1n) is 9.80. The monoisotopic (exact) mass is 406 g/mol. The zero-order valence-corrected chi connectivity index (χ0v) is 17.1. The summed E-state index contributed by atoms with van der Waals surface area (Å²) < 4.78 is 0. The molecule has 29 heavy (non-hydrogen) atoms. The molecule has 1 fully saturated rings. The van der Waals surface area contributed by atoms with E-state index in [0.717, 1.165) is 48.7 Å². The van der Waals surface area contributed by atoms with Gasteiger partial charge < -0.3 is 10.2 Å². The fourth-order valence-electron chi connectivity index (χ4n) is 3.52. The number of carbonyl (C=O) groups is 1. The molecule has 2 heterocycles. The zero-order valence-electron chi connectivity index (χ0n) is 16.3. The van der Waals surface area contributed by atoms with Gasteiger partial charge in [-0.25, -0.2) is 0 Å². The van der Waals surface area contributed by atoms with Gasteiger partial charge in [-0.15, -0.1) is 10.2 Å². The summed E-state index contributed by atoms with van der Waals surface area (Å²) in [5.41, 5.74) is 3.84. The van der Waals surface area contributed by atoms with Crippen LogP contribution in [0.15, 0.2) is 60.7 Å². The molecular formula is C23H23ClN4O. The predicted octanol–water partition coefficient (Wildman–Crippen LogP) is 4.96. The third-order valence-electron chi connectivity index (χ3n) is 5.30. The Bertz CT molecular complexity index is 963. The van der Waals surface area contributed by atoms with Crippen LogP contribution < -0.4 is 10.2 Å². The molecule has 1 aromatic heterocycles. The van der Waals surface area contributed by atoms with Gasteiger partial charge in [0.25, 0.3) is 0 Å². The highest BCUT2D eigenvalue weighted by Gasteiger charge is 2.25.